The average molecular weight is 339 g/mol. The minimum absolute atomic E-state index is 0.0165. The Morgan fingerprint density at radius 2 is 2.23 bits per heavy atom. The predicted octanol–water partition coefficient (Wildman–Crippen LogP) is 3.73. The van der Waals surface area contributed by atoms with Crippen LogP contribution < -0.4 is 0 Å². The lowest BCUT2D eigenvalue weighted by Gasteiger charge is -2.15. The first-order chi connectivity index (χ1) is 10.6. The molecule has 6 heteroatoms. The molecule has 1 aliphatic carbocycles. The third-order valence-electron chi connectivity index (χ3n) is 3.84. The van der Waals surface area contributed by atoms with Gasteiger partial charge in [-0.1, -0.05) is 48.6 Å². The van der Waals surface area contributed by atoms with Gasteiger partial charge >= 0.3 is 5.97 Å². The fourth-order valence-electron chi connectivity index (χ4n) is 2.61. The summed E-state index contributed by atoms with van der Waals surface area (Å²) in [6.07, 6.45) is 12.0. The van der Waals surface area contributed by atoms with E-state index in [2.05, 4.69) is 18.2 Å². The zero-order chi connectivity index (χ0) is 15.9. The van der Waals surface area contributed by atoms with Crippen molar-refractivity contribution < 1.29 is 14.7 Å². The third kappa shape index (κ3) is 4.95. The van der Waals surface area contributed by atoms with Crippen LogP contribution in [0, 0.1) is 5.92 Å². The molecule has 2 aliphatic rings. The number of carboxylic acid groups (broad SMARTS) is 1. The summed E-state index contributed by atoms with van der Waals surface area (Å²) in [4.78, 5) is 25.3. The Hall–Kier alpha value is -1.14. The number of allylic oxidation sites excluding steroid dienone is 3. The molecule has 1 saturated heterocycles. The lowest BCUT2D eigenvalue weighted by molar-refractivity contribution is -0.137. The second-order valence-corrected chi connectivity index (χ2v) is 7.28. The number of carbonyl (C=O) groups is 2. The number of aliphatic carboxylic acids is 1. The smallest absolute Gasteiger partial charge is 0.303 e. The number of carbonyl (C=O) groups excluding carboxylic acids is 1. The molecule has 0 unspecified atom stereocenters. The lowest BCUT2D eigenvalue weighted by atomic mass is 9.94. The molecule has 0 spiro atoms. The van der Waals surface area contributed by atoms with Crippen molar-refractivity contribution in [1.82, 2.24) is 4.90 Å². The van der Waals surface area contributed by atoms with Gasteiger partial charge in [0.2, 0.25) is 0 Å². The van der Waals surface area contributed by atoms with Gasteiger partial charge in [0.05, 0.1) is 4.91 Å². The summed E-state index contributed by atoms with van der Waals surface area (Å²) in [6, 6.07) is 0. The lowest BCUT2D eigenvalue weighted by Crippen LogP contribution is -2.29. The largest absolute Gasteiger partial charge is 0.481 e. The third-order valence-corrected chi connectivity index (χ3v) is 5.24. The van der Waals surface area contributed by atoms with Crippen molar-refractivity contribution >= 4 is 40.2 Å². The number of carboxylic acids is 1. The molecule has 1 fully saturated rings. The number of thioether (sulfide) groups is 1. The molecule has 1 aliphatic heterocycles. The molecule has 1 heterocycles. The summed E-state index contributed by atoms with van der Waals surface area (Å²) >= 11 is 6.70. The van der Waals surface area contributed by atoms with Crippen molar-refractivity contribution in [2.45, 2.75) is 44.9 Å². The fraction of sp³-hybridized carbons (Fsp3) is 0.562. The van der Waals surface area contributed by atoms with E-state index in [0.29, 0.717) is 23.2 Å². The molecule has 1 atom stereocenters. The van der Waals surface area contributed by atoms with Gasteiger partial charge in [0.15, 0.2) is 0 Å². The van der Waals surface area contributed by atoms with Crippen LogP contribution in [0.3, 0.4) is 0 Å². The van der Waals surface area contributed by atoms with Gasteiger partial charge in [-0.3, -0.25) is 14.5 Å². The maximum absolute atomic E-state index is 12.4. The van der Waals surface area contributed by atoms with Crippen molar-refractivity contribution in [2.24, 2.45) is 5.92 Å². The molecular weight excluding hydrogens is 318 g/mol. The van der Waals surface area contributed by atoms with E-state index in [4.69, 9.17) is 17.3 Å². The van der Waals surface area contributed by atoms with Gasteiger partial charge in [0.25, 0.3) is 5.91 Å². The van der Waals surface area contributed by atoms with Gasteiger partial charge in [0, 0.05) is 13.0 Å². The molecule has 120 valence electrons. The predicted molar refractivity (Wildman–Crippen MR) is 92.6 cm³/mol. The number of rotatable bonds is 7. The van der Waals surface area contributed by atoms with Gasteiger partial charge in [-0.2, -0.15) is 0 Å². The molecule has 2 rings (SSSR count). The Morgan fingerprint density at radius 3 is 2.91 bits per heavy atom. The van der Waals surface area contributed by atoms with Crippen molar-refractivity contribution in [1.29, 1.82) is 0 Å². The first-order valence-corrected chi connectivity index (χ1v) is 8.92. The van der Waals surface area contributed by atoms with E-state index >= 15 is 0 Å². The van der Waals surface area contributed by atoms with Crippen LogP contribution in [0.4, 0.5) is 0 Å². The number of hydrogen-bond acceptors (Lipinski definition) is 4. The van der Waals surface area contributed by atoms with Crippen LogP contribution in [0.25, 0.3) is 0 Å². The first-order valence-electron chi connectivity index (χ1n) is 7.70. The summed E-state index contributed by atoms with van der Waals surface area (Å²) in [5.41, 5.74) is 0. The molecular formula is C16H21NO3S2. The molecule has 22 heavy (non-hydrogen) atoms. The quantitative estimate of drug-likeness (QED) is 0.331. The molecule has 1 N–H and O–H groups in total. The Kier molecular flexibility index (Phi) is 6.64. The standard InChI is InChI=1S/C16H21NO3S2/c18-14(19)9-5-2-6-10-17-15(20)13(22-16(17)21)11-12-7-3-1-4-8-12/h1,3,11-12H,2,4-10H2,(H,18,19)/b13-11-/t12-/m1/s1. The van der Waals surface area contributed by atoms with Crippen LogP contribution in [-0.4, -0.2) is 32.7 Å². The van der Waals surface area contributed by atoms with Crippen LogP contribution in [-0.2, 0) is 9.59 Å². The molecule has 0 aromatic carbocycles. The Balaban J connectivity index is 1.82. The van der Waals surface area contributed by atoms with Crippen LogP contribution >= 0.6 is 24.0 Å². The van der Waals surface area contributed by atoms with E-state index < -0.39 is 5.97 Å². The maximum Gasteiger partial charge on any atom is 0.303 e. The Labute approximate surface area is 140 Å². The van der Waals surface area contributed by atoms with E-state index in [-0.39, 0.29) is 12.3 Å². The maximum atomic E-state index is 12.4. The van der Waals surface area contributed by atoms with Crippen molar-refractivity contribution in [3.05, 3.63) is 23.1 Å². The summed E-state index contributed by atoms with van der Waals surface area (Å²) in [5, 5.41) is 8.60. The normalized spacial score (nSPS) is 23.5. The Morgan fingerprint density at radius 1 is 1.41 bits per heavy atom. The molecule has 0 radical (unpaired) electrons. The fourth-order valence-corrected chi connectivity index (χ4v) is 3.99. The number of hydrogen-bond donors (Lipinski definition) is 1. The van der Waals surface area contributed by atoms with Crippen LogP contribution in [0.2, 0.25) is 0 Å². The van der Waals surface area contributed by atoms with Gasteiger partial charge in [0.1, 0.15) is 4.32 Å². The van der Waals surface area contributed by atoms with Crippen molar-refractivity contribution in [2.75, 3.05) is 6.54 Å². The summed E-state index contributed by atoms with van der Waals surface area (Å²) in [6.45, 7) is 0.589. The van der Waals surface area contributed by atoms with Crippen molar-refractivity contribution in [3.8, 4) is 0 Å². The molecule has 0 aromatic rings. The van der Waals surface area contributed by atoms with E-state index in [1.165, 1.54) is 11.8 Å². The topological polar surface area (TPSA) is 57.6 Å². The zero-order valence-electron chi connectivity index (χ0n) is 12.5. The van der Waals surface area contributed by atoms with E-state index in [0.717, 1.165) is 37.0 Å². The number of thiocarbonyl (C=S) groups is 1. The highest BCUT2D eigenvalue weighted by atomic mass is 32.2. The van der Waals surface area contributed by atoms with Crippen LogP contribution in [0.5, 0.6) is 0 Å². The van der Waals surface area contributed by atoms with E-state index in [9.17, 15) is 9.59 Å². The zero-order valence-corrected chi connectivity index (χ0v) is 14.1. The average Bonchev–Trinajstić information content (AvgIpc) is 2.75. The van der Waals surface area contributed by atoms with E-state index in [1.54, 1.807) is 4.90 Å². The van der Waals surface area contributed by atoms with Crippen molar-refractivity contribution in [3.63, 3.8) is 0 Å². The molecule has 0 saturated carbocycles. The monoisotopic (exact) mass is 339 g/mol. The molecule has 0 aromatic heterocycles. The van der Waals surface area contributed by atoms with Gasteiger partial charge in [-0.05, 0) is 38.0 Å². The molecule has 1 amide bonds. The minimum atomic E-state index is -0.768. The summed E-state index contributed by atoms with van der Waals surface area (Å²) in [7, 11) is 0. The van der Waals surface area contributed by atoms with Gasteiger partial charge in [-0.25, -0.2) is 0 Å². The number of amides is 1. The highest BCUT2D eigenvalue weighted by Crippen LogP contribution is 2.34. The number of nitrogens with zero attached hydrogens (tertiary/aromatic N) is 1. The first kappa shape index (κ1) is 17.2. The number of unbranched alkanes of at least 4 members (excludes halogenated alkanes) is 2. The second kappa shape index (κ2) is 8.48. The summed E-state index contributed by atoms with van der Waals surface area (Å²) < 4.78 is 0.626. The summed E-state index contributed by atoms with van der Waals surface area (Å²) in [5.74, 6) is -0.312. The SMILES string of the molecule is O=C(O)CCCCCN1C(=O)/C(=C/[C@@H]2CC=CCC2)SC1=S. The van der Waals surface area contributed by atoms with Crippen LogP contribution in [0.1, 0.15) is 44.9 Å². The van der Waals surface area contributed by atoms with E-state index in [1.807, 2.05) is 0 Å². The molecule has 4 nitrogen and oxygen atoms in total. The minimum Gasteiger partial charge on any atom is -0.481 e. The van der Waals surface area contributed by atoms with Gasteiger partial charge < -0.3 is 5.11 Å². The van der Waals surface area contributed by atoms with Gasteiger partial charge in [-0.15, -0.1) is 0 Å². The molecule has 0 bridgehead atoms. The second-order valence-electron chi connectivity index (χ2n) is 5.60. The van der Waals surface area contributed by atoms with Crippen LogP contribution in [0.15, 0.2) is 23.1 Å². The Bertz CT molecular complexity index is 514. The highest BCUT2D eigenvalue weighted by Gasteiger charge is 2.32. The highest BCUT2D eigenvalue weighted by molar-refractivity contribution is 8.26.